The fourth-order valence-electron chi connectivity index (χ4n) is 3.46. The molecule has 0 aliphatic carbocycles. The van der Waals surface area contributed by atoms with Crippen LogP contribution < -0.4 is 5.32 Å². The van der Waals surface area contributed by atoms with Crippen LogP contribution in [0.4, 0.5) is 10.5 Å². The van der Waals surface area contributed by atoms with Gasteiger partial charge in [-0.05, 0) is 70.3 Å². The molecule has 1 heterocycles. The Morgan fingerprint density at radius 3 is 2.47 bits per heavy atom. The number of benzene rings is 1. The van der Waals surface area contributed by atoms with Crippen LogP contribution in [0.5, 0.6) is 0 Å². The first-order valence-electron chi connectivity index (χ1n) is 10.2. The molecule has 1 fully saturated rings. The lowest BCUT2D eigenvalue weighted by Gasteiger charge is -2.34. The van der Waals surface area contributed by atoms with E-state index in [2.05, 4.69) is 15.0 Å². The normalized spacial score (nSPS) is 17.2. The Bertz CT molecular complexity index is 742. The molecule has 0 bridgehead atoms. The molecule has 2 amide bonds. The van der Waals surface area contributed by atoms with E-state index in [-0.39, 0.29) is 18.5 Å². The number of esters is 1. The molecular formula is C22H33N3O5. The SMILES string of the molecule is COC(=O)c1ccc(NC(=O)CN2CCCC(CN(C)C(=O)OC(C)(C)C)C2)cc1. The van der Waals surface area contributed by atoms with E-state index in [1.165, 1.54) is 7.11 Å². The number of anilines is 1. The molecule has 0 aromatic heterocycles. The number of carbonyl (C=O) groups is 3. The molecule has 0 spiro atoms. The molecule has 1 unspecified atom stereocenters. The number of amides is 2. The number of carbonyl (C=O) groups excluding carboxylic acids is 3. The summed E-state index contributed by atoms with van der Waals surface area (Å²) in [5.74, 6) is -0.228. The zero-order valence-corrected chi connectivity index (χ0v) is 18.6. The number of ether oxygens (including phenoxy) is 2. The molecule has 8 heteroatoms. The van der Waals surface area contributed by atoms with Crippen molar-refractivity contribution >= 4 is 23.7 Å². The third-order valence-corrected chi connectivity index (χ3v) is 4.80. The Labute approximate surface area is 178 Å². The van der Waals surface area contributed by atoms with Gasteiger partial charge in [0.1, 0.15) is 5.60 Å². The molecule has 1 atom stereocenters. The monoisotopic (exact) mass is 419 g/mol. The predicted octanol–water partition coefficient (Wildman–Crippen LogP) is 2.99. The summed E-state index contributed by atoms with van der Waals surface area (Å²) in [7, 11) is 3.08. The van der Waals surface area contributed by atoms with Gasteiger partial charge in [0.2, 0.25) is 5.91 Å². The van der Waals surface area contributed by atoms with E-state index in [1.807, 2.05) is 20.8 Å². The summed E-state index contributed by atoms with van der Waals surface area (Å²) in [5, 5.41) is 2.86. The number of nitrogens with one attached hydrogen (secondary N) is 1. The molecule has 0 radical (unpaired) electrons. The zero-order chi connectivity index (χ0) is 22.3. The van der Waals surface area contributed by atoms with Crippen molar-refractivity contribution in [3.05, 3.63) is 29.8 Å². The number of methoxy groups -OCH3 is 1. The Morgan fingerprint density at radius 1 is 1.20 bits per heavy atom. The second-order valence-corrected chi connectivity index (χ2v) is 8.72. The van der Waals surface area contributed by atoms with Crippen LogP contribution in [0.2, 0.25) is 0 Å². The summed E-state index contributed by atoms with van der Waals surface area (Å²) in [6, 6.07) is 6.59. The van der Waals surface area contributed by atoms with Crippen molar-refractivity contribution in [3.8, 4) is 0 Å². The predicted molar refractivity (Wildman–Crippen MR) is 114 cm³/mol. The van der Waals surface area contributed by atoms with Gasteiger partial charge >= 0.3 is 12.1 Å². The number of nitrogens with zero attached hydrogens (tertiary/aromatic N) is 2. The number of hydrogen-bond acceptors (Lipinski definition) is 6. The van der Waals surface area contributed by atoms with Crippen LogP contribution in [0, 0.1) is 5.92 Å². The van der Waals surface area contributed by atoms with Crippen LogP contribution in [-0.2, 0) is 14.3 Å². The fourth-order valence-corrected chi connectivity index (χ4v) is 3.46. The Balaban J connectivity index is 1.82. The first kappa shape index (κ1) is 23.7. The van der Waals surface area contributed by atoms with Crippen molar-refractivity contribution in [2.45, 2.75) is 39.2 Å². The Kier molecular flexibility index (Phi) is 8.23. The zero-order valence-electron chi connectivity index (χ0n) is 18.6. The fraction of sp³-hybridized carbons (Fsp3) is 0.591. The maximum atomic E-state index is 12.4. The second kappa shape index (κ2) is 10.4. The average molecular weight is 420 g/mol. The first-order valence-corrected chi connectivity index (χ1v) is 10.2. The van der Waals surface area contributed by atoms with Gasteiger partial charge in [0.25, 0.3) is 0 Å². The third-order valence-electron chi connectivity index (χ3n) is 4.80. The topological polar surface area (TPSA) is 88.2 Å². The van der Waals surface area contributed by atoms with Gasteiger partial charge in [-0.15, -0.1) is 0 Å². The molecule has 2 rings (SSSR count). The van der Waals surface area contributed by atoms with Crippen molar-refractivity contribution in [3.63, 3.8) is 0 Å². The number of piperidine rings is 1. The molecule has 1 aliphatic heterocycles. The van der Waals surface area contributed by atoms with E-state index in [0.717, 1.165) is 25.9 Å². The van der Waals surface area contributed by atoms with Gasteiger partial charge in [0.15, 0.2) is 0 Å². The third kappa shape index (κ3) is 7.67. The highest BCUT2D eigenvalue weighted by molar-refractivity contribution is 5.94. The van der Waals surface area contributed by atoms with E-state index in [4.69, 9.17) is 4.74 Å². The van der Waals surface area contributed by atoms with Crippen LogP contribution in [0.1, 0.15) is 44.0 Å². The van der Waals surface area contributed by atoms with E-state index < -0.39 is 11.6 Å². The quantitative estimate of drug-likeness (QED) is 0.713. The van der Waals surface area contributed by atoms with Crippen molar-refractivity contribution in [1.82, 2.24) is 9.80 Å². The highest BCUT2D eigenvalue weighted by atomic mass is 16.6. The molecule has 1 aliphatic rings. The van der Waals surface area contributed by atoms with Gasteiger partial charge in [-0.2, -0.15) is 0 Å². The standard InChI is InChI=1S/C22H33N3O5/c1-22(2,3)30-21(28)24(4)13-16-7-6-12-25(14-16)15-19(26)23-18-10-8-17(9-11-18)20(27)29-5/h8-11,16H,6-7,12-15H2,1-5H3,(H,23,26). The van der Waals surface area contributed by atoms with E-state index in [1.54, 1.807) is 36.2 Å². The molecule has 30 heavy (non-hydrogen) atoms. The second-order valence-electron chi connectivity index (χ2n) is 8.72. The smallest absolute Gasteiger partial charge is 0.410 e. The summed E-state index contributed by atoms with van der Waals surface area (Å²) in [4.78, 5) is 39.8. The van der Waals surface area contributed by atoms with Gasteiger partial charge in [0.05, 0.1) is 19.2 Å². The van der Waals surface area contributed by atoms with Gasteiger partial charge in [-0.25, -0.2) is 9.59 Å². The van der Waals surface area contributed by atoms with Crippen molar-refractivity contribution in [2.75, 3.05) is 45.7 Å². The van der Waals surface area contributed by atoms with Crippen LogP contribution >= 0.6 is 0 Å². The van der Waals surface area contributed by atoms with Gasteiger partial charge in [-0.3, -0.25) is 9.69 Å². The Morgan fingerprint density at radius 2 is 1.87 bits per heavy atom. The lowest BCUT2D eigenvalue weighted by atomic mass is 9.97. The van der Waals surface area contributed by atoms with Gasteiger partial charge < -0.3 is 19.7 Å². The average Bonchev–Trinajstić information content (AvgIpc) is 2.66. The Hall–Kier alpha value is -2.61. The summed E-state index contributed by atoms with van der Waals surface area (Å²) >= 11 is 0. The lowest BCUT2D eigenvalue weighted by molar-refractivity contribution is -0.117. The maximum absolute atomic E-state index is 12.4. The van der Waals surface area contributed by atoms with Crippen molar-refractivity contribution in [1.29, 1.82) is 0 Å². The molecular weight excluding hydrogens is 386 g/mol. The number of rotatable bonds is 6. The molecule has 166 valence electrons. The van der Waals surface area contributed by atoms with E-state index >= 15 is 0 Å². The molecule has 0 saturated carbocycles. The number of hydrogen-bond donors (Lipinski definition) is 1. The lowest BCUT2D eigenvalue weighted by Crippen LogP contribution is -2.45. The van der Waals surface area contributed by atoms with Crippen molar-refractivity contribution in [2.24, 2.45) is 5.92 Å². The molecule has 1 aromatic carbocycles. The van der Waals surface area contributed by atoms with E-state index in [9.17, 15) is 14.4 Å². The minimum Gasteiger partial charge on any atom is -0.465 e. The summed E-state index contributed by atoms with van der Waals surface area (Å²) in [5.41, 5.74) is 0.547. The van der Waals surface area contributed by atoms with Crippen LogP contribution in [0.25, 0.3) is 0 Å². The van der Waals surface area contributed by atoms with Gasteiger partial charge in [-0.1, -0.05) is 0 Å². The minimum absolute atomic E-state index is 0.109. The molecule has 8 nitrogen and oxygen atoms in total. The van der Waals surface area contributed by atoms with Crippen LogP contribution in [0.15, 0.2) is 24.3 Å². The van der Waals surface area contributed by atoms with Crippen LogP contribution in [-0.4, -0.2) is 73.7 Å². The maximum Gasteiger partial charge on any atom is 0.410 e. The first-order chi connectivity index (χ1) is 14.1. The summed E-state index contributed by atoms with van der Waals surface area (Å²) < 4.78 is 10.1. The highest BCUT2D eigenvalue weighted by Crippen LogP contribution is 2.19. The summed E-state index contributed by atoms with van der Waals surface area (Å²) in [6.07, 6.45) is 1.67. The molecule has 1 saturated heterocycles. The summed E-state index contributed by atoms with van der Waals surface area (Å²) in [6.45, 7) is 8.03. The van der Waals surface area contributed by atoms with Crippen molar-refractivity contribution < 1.29 is 23.9 Å². The molecule has 1 aromatic rings. The van der Waals surface area contributed by atoms with Gasteiger partial charge in [0, 0.05) is 25.8 Å². The largest absolute Gasteiger partial charge is 0.465 e. The minimum atomic E-state index is -0.517. The molecule has 1 N–H and O–H groups in total. The highest BCUT2D eigenvalue weighted by Gasteiger charge is 2.26. The van der Waals surface area contributed by atoms with Crippen LogP contribution in [0.3, 0.4) is 0 Å². The van der Waals surface area contributed by atoms with E-state index in [0.29, 0.717) is 23.7 Å². The number of likely N-dealkylation sites (tertiary alicyclic amines) is 1.